The van der Waals surface area contributed by atoms with Gasteiger partial charge < -0.3 is 14.4 Å². The second-order valence-electron chi connectivity index (χ2n) is 6.31. The van der Waals surface area contributed by atoms with Crippen molar-refractivity contribution in [3.05, 3.63) is 17.7 Å². The number of carbonyl (C=O) groups is 1. The van der Waals surface area contributed by atoms with Gasteiger partial charge in [0, 0.05) is 12.3 Å². The van der Waals surface area contributed by atoms with E-state index in [-0.39, 0.29) is 17.6 Å². The van der Waals surface area contributed by atoms with E-state index in [0.29, 0.717) is 19.0 Å². The number of ether oxygens (including phenoxy) is 2. The molecule has 1 amide bonds. The minimum absolute atomic E-state index is 0.136. The Morgan fingerprint density at radius 1 is 1.48 bits per heavy atom. The number of aryl methyl sites for hydroxylation is 1. The van der Waals surface area contributed by atoms with Gasteiger partial charge in [0.15, 0.2) is 11.4 Å². The molecule has 2 atom stereocenters. The normalized spacial score (nSPS) is 28.0. The number of amidine groups is 1. The third kappa shape index (κ3) is 2.15. The summed E-state index contributed by atoms with van der Waals surface area (Å²) >= 11 is 0. The minimum atomic E-state index is -0.365. The van der Waals surface area contributed by atoms with Crippen LogP contribution in [0.4, 0.5) is 5.69 Å². The molecule has 1 aromatic rings. The number of amides is 1. The molecule has 7 nitrogen and oxygen atoms in total. The van der Waals surface area contributed by atoms with E-state index in [1.54, 1.807) is 0 Å². The van der Waals surface area contributed by atoms with E-state index < -0.39 is 0 Å². The lowest BCUT2D eigenvalue weighted by Crippen LogP contribution is -2.55. The van der Waals surface area contributed by atoms with Crippen LogP contribution in [0.3, 0.4) is 0 Å². The molecule has 3 aliphatic heterocycles. The van der Waals surface area contributed by atoms with Gasteiger partial charge in [-0.15, -0.1) is 0 Å². The van der Waals surface area contributed by atoms with Crippen LogP contribution in [0, 0.1) is 6.92 Å². The van der Waals surface area contributed by atoms with Gasteiger partial charge >= 0.3 is 0 Å². The van der Waals surface area contributed by atoms with Crippen LogP contribution in [-0.2, 0) is 4.79 Å². The summed E-state index contributed by atoms with van der Waals surface area (Å²) in [6.45, 7) is 6.81. The molecule has 0 aliphatic carbocycles. The number of hydrogen-bond acceptors (Lipinski definition) is 6. The fraction of sp³-hybridized carbons (Fsp3) is 0.438. The highest BCUT2D eigenvalue weighted by molar-refractivity contribution is 6.09. The molecule has 4 rings (SSSR count). The second kappa shape index (κ2) is 4.71. The van der Waals surface area contributed by atoms with E-state index in [2.05, 4.69) is 15.5 Å². The summed E-state index contributed by atoms with van der Waals surface area (Å²) in [5, 5.41) is 4.09. The van der Waals surface area contributed by atoms with Crippen molar-refractivity contribution in [3.8, 4) is 11.5 Å². The van der Waals surface area contributed by atoms with Crippen LogP contribution in [0.1, 0.15) is 19.4 Å². The van der Waals surface area contributed by atoms with Gasteiger partial charge in [-0.3, -0.25) is 9.79 Å². The van der Waals surface area contributed by atoms with Crippen molar-refractivity contribution in [2.24, 2.45) is 10.1 Å². The number of aliphatic imine (C=N–C) groups is 1. The lowest BCUT2D eigenvalue weighted by atomic mass is 10.0. The molecular weight excluding hydrogens is 296 g/mol. The Balaban J connectivity index is 1.77. The summed E-state index contributed by atoms with van der Waals surface area (Å²) in [6, 6.07) is 3.52. The number of hydrogen-bond donors (Lipinski definition) is 1. The summed E-state index contributed by atoms with van der Waals surface area (Å²) < 4.78 is 11.9. The third-order valence-corrected chi connectivity index (χ3v) is 4.33. The van der Waals surface area contributed by atoms with Crippen LogP contribution >= 0.6 is 0 Å². The maximum atomic E-state index is 11.9. The number of hydrazone groups is 1. The van der Waals surface area contributed by atoms with Crippen LogP contribution in [0.2, 0.25) is 0 Å². The number of carbonyl (C=O) groups excluding carboxylic acids is 1. The smallest absolute Gasteiger partial charge is 0.262 e. The van der Waals surface area contributed by atoms with E-state index in [0.717, 1.165) is 22.7 Å². The molecular formula is C16H18N4O3. The van der Waals surface area contributed by atoms with Crippen LogP contribution in [0.5, 0.6) is 11.5 Å². The maximum Gasteiger partial charge on any atom is 0.262 e. The molecule has 0 saturated carbocycles. The highest BCUT2D eigenvalue weighted by Gasteiger charge is 2.36. The van der Waals surface area contributed by atoms with E-state index in [9.17, 15) is 4.79 Å². The van der Waals surface area contributed by atoms with Crippen LogP contribution in [-0.4, -0.2) is 42.8 Å². The largest absolute Gasteiger partial charge is 0.483 e. The van der Waals surface area contributed by atoms with Gasteiger partial charge in [-0.25, -0.2) is 5.43 Å². The second-order valence-corrected chi connectivity index (χ2v) is 6.31. The predicted molar refractivity (Wildman–Crippen MR) is 86.6 cm³/mol. The van der Waals surface area contributed by atoms with Crippen LogP contribution < -0.4 is 19.8 Å². The number of nitrogens with one attached hydrogen (secondary N) is 1. The van der Waals surface area contributed by atoms with E-state index in [4.69, 9.17) is 9.47 Å². The first-order chi connectivity index (χ1) is 11.0. The van der Waals surface area contributed by atoms with Gasteiger partial charge in [0.1, 0.15) is 24.1 Å². The molecule has 7 heteroatoms. The number of nitrogens with zero attached hydrogens (tertiary/aromatic N) is 3. The first-order valence-electron chi connectivity index (χ1n) is 7.60. The van der Waals surface area contributed by atoms with Gasteiger partial charge in [0.25, 0.3) is 5.91 Å². The van der Waals surface area contributed by atoms with Crippen molar-refractivity contribution in [1.29, 1.82) is 0 Å². The Bertz CT molecular complexity index is 758. The Hall–Kier alpha value is -2.57. The monoisotopic (exact) mass is 314 g/mol. The summed E-state index contributed by atoms with van der Waals surface area (Å²) in [6.07, 6.45) is 1.81. The first-order valence-corrected chi connectivity index (χ1v) is 7.60. The molecule has 1 N–H and O–H groups in total. The summed E-state index contributed by atoms with van der Waals surface area (Å²) in [5.41, 5.74) is 3.95. The van der Waals surface area contributed by atoms with Crippen LogP contribution in [0.15, 0.2) is 22.2 Å². The standard InChI is InChI=1S/C16H18N4O3/c1-9-4-13-11(5-12(9)23-16(3)7-17-8-16)20-10(2)15(21)19-18-14(20)6-22-13/h4-5,7,10H,6,8H2,1-3H3,(H,19,21). The highest BCUT2D eigenvalue weighted by Crippen LogP contribution is 2.40. The minimum Gasteiger partial charge on any atom is -0.483 e. The van der Waals surface area contributed by atoms with Crippen molar-refractivity contribution in [2.75, 3.05) is 18.1 Å². The maximum absolute atomic E-state index is 11.9. The van der Waals surface area contributed by atoms with Crippen molar-refractivity contribution in [2.45, 2.75) is 32.4 Å². The third-order valence-electron chi connectivity index (χ3n) is 4.33. The van der Waals surface area contributed by atoms with Gasteiger partial charge in [0.2, 0.25) is 0 Å². The molecule has 0 saturated heterocycles. The van der Waals surface area contributed by atoms with Gasteiger partial charge in [-0.1, -0.05) is 0 Å². The predicted octanol–water partition coefficient (Wildman–Crippen LogP) is 1.25. The van der Waals surface area contributed by atoms with E-state index >= 15 is 0 Å². The molecule has 0 aromatic heterocycles. The van der Waals surface area contributed by atoms with E-state index in [1.165, 1.54) is 0 Å². The summed E-state index contributed by atoms with van der Waals surface area (Å²) in [4.78, 5) is 18.0. The number of benzene rings is 1. The highest BCUT2D eigenvalue weighted by atomic mass is 16.5. The molecule has 0 fully saturated rings. The SMILES string of the molecule is Cc1cc2c(cc1OC1(C)C=NC1)N1C(=NNC(=O)C1C)CO2. The quantitative estimate of drug-likeness (QED) is 0.891. The molecule has 0 radical (unpaired) electrons. The number of anilines is 1. The fourth-order valence-corrected chi connectivity index (χ4v) is 2.92. The zero-order valence-corrected chi connectivity index (χ0v) is 13.3. The van der Waals surface area contributed by atoms with Crippen molar-refractivity contribution < 1.29 is 14.3 Å². The molecule has 2 unspecified atom stereocenters. The fourth-order valence-electron chi connectivity index (χ4n) is 2.92. The van der Waals surface area contributed by atoms with Gasteiger partial charge in [-0.2, -0.15) is 5.10 Å². The number of fused-ring (bicyclic) bond motifs is 3. The molecule has 120 valence electrons. The van der Waals surface area contributed by atoms with Crippen molar-refractivity contribution in [3.63, 3.8) is 0 Å². The summed E-state index contributed by atoms with van der Waals surface area (Å²) in [7, 11) is 0. The average molecular weight is 314 g/mol. The Kier molecular flexibility index (Phi) is 2.88. The van der Waals surface area contributed by atoms with E-state index in [1.807, 2.05) is 44.0 Å². The number of rotatable bonds is 2. The van der Waals surface area contributed by atoms with Gasteiger partial charge in [-0.05, 0) is 32.4 Å². The molecule has 3 aliphatic rings. The summed E-state index contributed by atoms with van der Waals surface area (Å²) in [5.74, 6) is 2.06. The van der Waals surface area contributed by atoms with Gasteiger partial charge in [0.05, 0.1) is 12.2 Å². The van der Waals surface area contributed by atoms with Crippen LogP contribution in [0.25, 0.3) is 0 Å². The molecule has 23 heavy (non-hydrogen) atoms. The Morgan fingerprint density at radius 2 is 2.26 bits per heavy atom. The first kappa shape index (κ1) is 14.0. The van der Waals surface area contributed by atoms with Crippen molar-refractivity contribution in [1.82, 2.24) is 5.43 Å². The average Bonchev–Trinajstić information content (AvgIpc) is 2.50. The molecule has 3 heterocycles. The lowest BCUT2D eigenvalue weighted by Gasteiger charge is -2.39. The topological polar surface area (TPSA) is 75.5 Å². The zero-order valence-electron chi connectivity index (χ0n) is 13.3. The molecule has 0 bridgehead atoms. The molecule has 1 aromatic carbocycles. The van der Waals surface area contributed by atoms with Crippen molar-refractivity contribution >= 4 is 23.6 Å². The zero-order chi connectivity index (χ0) is 16.2. The molecule has 0 spiro atoms. The Morgan fingerprint density at radius 3 is 2.96 bits per heavy atom. The lowest BCUT2D eigenvalue weighted by molar-refractivity contribution is -0.122. The Labute approximate surface area is 134 Å².